The monoisotopic (exact) mass is 811 g/mol. The molecule has 3 heterocycles. The molecule has 0 radical (unpaired) electrons. The van der Waals surface area contributed by atoms with Crippen LogP contribution in [0.25, 0.3) is 0 Å². The van der Waals surface area contributed by atoms with Crippen LogP contribution in [-0.2, 0) is 13.0 Å². The summed E-state index contributed by atoms with van der Waals surface area (Å²) in [5.41, 5.74) is 15.1. The predicted octanol–water partition coefficient (Wildman–Crippen LogP) is 4.25. The molecule has 0 saturated heterocycles. The molecule has 0 fully saturated rings. The van der Waals surface area contributed by atoms with E-state index in [4.69, 9.17) is 26.8 Å². The van der Waals surface area contributed by atoms with E-state index in [9.17, 15) is 5.11 Å². The molecule has 0 bridgehead atoms. The Morgan fingerprint density at radius 1 is 0.655 bits per heavy atom. The fourth-order valence-corrected chi connectivity index (χ4v) is 5.10. The summed E-state index contributed by atoms with van der Waals surface area (Å²) in [4.78, 5) is 12.0. The molecule has 0 amide bonds. The first-order valence-electron chi connectivity index (χ1n) is 20.1. The number of aliphatic hydroxyl groups excluding tert-OH is 4. The molecule has 14 nitrogen and oxygen atoms in total. The number of aliphatic hydroxyl groups is 4. The molecule has 0 saturated carbocycles. The Bertz CT molecular complexity index is 1500. The zero-order valence-electron chi connectivity index (χ0n) is 37.0. The van der Waals surface area contributed by atoms with Crippen LogP contribution < -0.4 is 27.4 Å². The first-order chi connectivity index (χ1) is 27.2. The zero-order chi connectivity index (χ0) is 44.0. The number of nitrogen functional groups attached to an aromatic ring is 2. The van der Waals surface area contributed by atoms with E-state index in [1.165, 1.54) is 18.5 Å². The highest BCUT2D eigenvalue weighted by molar-refractivity contribution is 5.54. The van der Waals surface area contributed by atoms with Gasteiger partial charge in [0.05, 0.1) is 66.6 Å². The Morgan fingerprint density at radius 2 is 1.28 bits per heavy atom. The lowest BCUT2D eigenvalue weighted by molar-refractivity contribution is -0.892. The molecule has 0 aliphatic rings. The number of aromatic nitrogens is 3. The summed E-state index contributed by atoms with van der Waals surface area (Å²) in [7, 11) is 10.9. The third-order valence-corrected chi connectivity index (χ3v) is 7.74. The lowest BCUT2D eigenvalue weighted by atomic mass is 10.2. The van der Waals surface area contributed by atoms with Crippen LogP contribution >= 0.6 is 0 Å². The van der Waals surface area contributed by atoms with Gasteiger partial charge >= 0.3 is 0 Å². The quantitative estimate of drug-likeness (QED) is 0.0542. The van der Waals surface area contributed by atoms with Crippen molar-refractivity contribution in [2.45, 2.75) is 78.4 Å². The van der Waals surface area contributed by atoms with Gasteiger partial charge in [-0.2, -0.15) is 0 Å². The molecule has 0 aliphatic carbocycles. The average molecular weight is 811 g/mol. The Morgan fingerprint density at radius 3 is 1.78 bits per heavy atom. The fourth-order valence-electron chi connectivity index (χ4n) is 5.10. The van der Waals surface area contributed by atoms with Gasteiger partial charge in [0.2, 0.25) is 0 Å². The summed E-state index contributed by atoms with van der Waals surface area (Å²) >= 11 is 0. The summed E-state index contributed by atoms with van der Waals surface area (Å²) in [6.07, 6.45) is 8.27. The second kappa shape index (κ2) is 30.6. The summed E-state index contributed by atoms with van der Waals surface area (Å²) in [5, 5.41) is 45.4. The van der Waals surface area contributed by atoms with Gasteiger partial charge in [-0.25, -0.2) is 4.98 Å². The molecule has 4 unspecified atom stereocenters. The van der Waals surface area contributed by atoms with E-state index in [0.717, 1.165) is 52.0 Å². The van der Waals surface area contributed by atoms with E-state index in [-0.39, 0.29) is 24.4 Å². The predicted molar refractivity (Wildman–Crippen MR) is 242 cm³/mol. The van der Waals surface area contributed by atoms with Crippen molar-refractivity contribution >= 4 is 23.0 Å². The topological polar surface area (TPSA) is 208 Å². The second-order valence-electron chi connectivity index (χ2n) is 16.2. The van der Waals surface area contributed by atoms with Crippen LogP contribution in [-0.4, -0.2) is 143 Å². The molecule has 3 aromatic heterocycles. The van der Waals surface area contributed by atoms with Gasteiger partial charge in [0.15, 0.2) is 0 Å². The minimum Gasteiger partial charge on any atom is -0.399 e. The van der Waals surface area contributed by atoms with Crippen molar-refractivity contribution in [2.24, 2.45) is 0 Å². The van der Waals surface area contributed by atoms with Crippen LogP contribution in [0.15, 0.2) is 91.5 Å². The molecule has 14 heteroatoms. The lowest BCUT2D eigenvalue weighted by Crippen LogP contribution is -2.45. The minimum absolute atomic E-state index is 0.238. The number of hydrogen-bond donors (Lipinski definition) is 9. The highest BCUT2D eigenvalue weighted by Gasteiger charge is 2.17. The Hall–Kier alpha value is -4.41. The summed E-state index contributed by atoms with van der Waals surface area (Å²) in [6, 6.07) is 20.8. The van der Waals surface area contributed by atoms with Gasteiger partial charge in [0.25, 0.3) is 0 Å². The maximum atomic E-state index is 9.36. The van der Waals surface area contributed by atoms with Crippen molar-refractivity contribution in [2.75, 3.05) is 96.6 Å². The maximum Gasteiger partial charge on any atom is 0.128 e. The fraction of sp³-hybridized carbons (Fsp3) is 0.523. The standard InChI is InChI=1S/C12H21N2O.2C9H14N2O.C8H13N3O.C6H16N/c1-11(15)10-14(2,3)9-6-12-4-7-13-8-5-12;1-8(12)5-11-7-9-3-2-4-10-6-9;1-7(12)6-11-9-4-2-3-8(10)5-9;1-6(12)5-10-8-4-2-3-7(9)11-8;1-5-6-7(2,3)4/h4-5,7-8,11,15H,6,9-10H2,1-3H3;2-4,6,8,11-12H,5,7H2,1H3;2-5,7,11-12H,6,10H2,1H3;2-4,6,12H,5H2,1H3,(H3,9,10,11);5-6H2,1-4H3/q+1;;;;+1. The molecule has 4 aromatic rings. The summed E-state index contributed by atoms with van der Waals surface area (Å²) in [5.74, 6) is 1.17. The van der Waals surface area contributed by atoms with Crippen molar-refractivity contribution in [3.63, 3.8) is 0 Å². The summed E-state index contributed by atoms with van der Waals surface area (Å²) in [6.45, 7) is 14.8. The van der Waals surface area contributed by atoms with Crippen LogP contribution in [0.4, 0.5) is 23.0 Å². The molecule has 58 heavy (non-hydrogen) atoms. The molecular formula is C44H78N10O4+2. The number of quaternary nitrogens is 2. The SMILES string of the molecule is CC(O)CNCc1cccnc1.CC(O)CNc1cccc(N)c1.CC(O)CNc1cccc(N)n1.CC(O)C[N+](C)(C)CCc1ccncc1.CCC[N+](C)(C)C. The Kier molecular flexibility index (Phi) is 28.3. The van der Waals surface area contributed by atoms with Crippen LogP contribution in [0.3, 0.4) is 0 Å². The normalized spacial score (nSPS) is 12.9. The van der Waals surface area contributed by atoms with E-state index in [2.05, 4.69) is 73.1 Å². The highest BCUT2D eigenvalue weighted by Crippen LogP contribution is 2.11. The van der Waals surface area contributed by atoms with Crippen molar-refractivity contribution in [3.05, 3.63) is 103 Å². The van der Waals surface area contributed by atoms with Crippen LogP contribution in [0, 0.1) is 0 Å². The number of benzene rings is 1. The average Bonchev–Trinajstić information content (AvgIpc) is 3.13. The zero-order valence-corrected chi connectivity index (χ0v) is 37.0. The Balaban J connectivity index is 0.000000712. The molecule has 326 valence electrons. The highest BCUT2D eigenvalue weighted by atomic mass is 16.3. The smallest absolute Gasteiger partial charge is 0.128 e. The van der Waals surface area contributed by atoms with Gasteiger partial charge < -0.3 is 56.8 Å². The van der Waals surface area contributed by atoms with Gasteiger partial charge in [-0.3, -0.25) is 9.97 Å². The minimum atomic E-state index is -0.381. The van der Waals surface area contributed by atoms with Crippen molar-refractivity contribution in [1.29, 1.82) is 0 Å². The molecule has 0 aliphatic heterocycles. The van der Waals surface area contributed by atoms with Gasteiger partial charge in [-0.15, -0.1) is 0 Å². The number of nitrogens with two attached hydrogens (primary N) is 2. The van der Waals surface area contributed by atoms with Crippen LogP contribution in [0.1, 0.15) is 52.2 Å². The van der Waals surface area contributed by atoms with E-state index < -0.39 is 0 Å². The van der Waals surface area contributed by atoms with Crippen LogP contribution in [0.2, 0.25) is 0 Å². The first-order valence-corrected chi connectivity index (χ1v) is 20.1. The van der Waals surface area contributed by atoms with Crippen molar-refractivity contribution in [3.8, 4) is 0 Å². The van der Waals surface area contributed by atoms with Gasteiger partial charge in [-0.05, 0) is 93.8 Å². The number of anilines is 4. The van der Waals surface area contributed by atoms with Crippen LogP contribution in [0.5, 0.6) is 0 Å². The maximum absolute atomic E-state index is 9.36. The van der Waals surface area contributed by atoms with Crippen molar-refractivity contribution in [1.82, 2.24) is 20.3 Å². The van der Waals surface area contributed by atoms with Gasteiger partial charge in [0.1, 0.15) is 24.3 Å². The number of nitrogens with zero attached hydrogens (tertiary/aromatic N) is 5. The van der Waals surface area contributed by atoms with E-state index >= 15 is 0 Å². The number of nitrogens with one attached hydrogen (secondary N) is 3. The molecular weight excluding hydrogens is 733 g/mol. The number of likely N-dealkylation sites (N-methyl/N-ethyl adjacent to an activating group) is 1. The third kappa shape index (κ3) is 33.7. The Labute approximate surface area is 349 Å². The van der Waals surface area contributed by atoms with Crippen molar-refractivity contribution < 1.29 is 29.4 Å². The molecule has 4 rings (SSSR count). The van der Waals surface area contributed by atoms with E-state index in [1.807, 2.05) is 80.1 Å². The largest absolute Gasteiger partial charge is 0.399 e. The van der Waals surface area contributed by atoms with E-state index in [1.54, 1.807) is 39.1 Å². The number of pyridine rings is 3. The number of rotatable bonds is 17. The molecule has 0 spiro atoms. The second-order valence-corrected chi connectivity index (χ2v) is 16.2. The summed E-state index contributed by atoms with van der Waals surface area (Å²) < 4.78 is 1.94. The molecule has 11 N–H and O–H groups in total. The third-order valence-electron chi connectivity index (χ3n) is 7.74. The van der Waals surface area contributed by atoms with Gasteiger partial charge in [0, 0.05) is 68.8 Å². The van der Waals surface area contributed by atoms with E-state index in [0.29, 0.717) is 31.3 Å². The molecule has 1 aromatic carbocycles. The van der Waals surface area contributed by atoms with Gasteiger partial charge in [-0.1, -0.05) is 25.1 Å². The molecule has 4 atom stereocenters. The number of hydrogen-bond acceptors (Lipinski definition) is 12. The lowest BCUT2D eigenvalue weighted by Gasteiger charge is -2.31. The first kappa shape index (κ1) is 53.6.